The summed E-state index contributed by atoms with van der Waals surface area (Å²) in [6.07, 6.45) is 2.03. The van der Waals surface area contributed by atoms with E-state index in [0.29, 0.717) is 12.8 Å². The molecule has 1 aliphatic carbocycles. The zero-order chi connectivity index (χ0) is 15.7. The van der Waals surface area contributed by atoms with Gasteiger partial charge in [0, 0.05) is 17.7 Å². The molecule has 1 aliphatic rings. The van der Waals surface area contributed by atoms with Crippen LogP contribution in [0.1, 0.15) is 29.2 Å². The Kier molecular flexibility index (Phi) is 4.16. The number of hydrogen-bond donors (Lipinski definition) is 1. The number of fused-ring (bicyclic) bond motifs is 1. The number of rotatable bonds is 3. The summed E-state index contributed by atoms with van der Waals surface area (Å²) in [5.74, 6) is -0.150. The first-order chi connectivity index (χ1) is 10.5. The largest absolute Gasteiger partial charge is 0.460 e. The fraction of sp³-hybridized carbons (Fsp3) is 0.375. The molecular formula is C16H16ClFN2O2. The Bertz CT molecular complexity index is 694. The van der Waals surface area contributed by atoms with Crippen LogP contribution in [0.4, 0.5) is 4.39 Å². The van der Waals surface area contributed by atoms with Gasteiger partial charge in [0.2, 0.25) is 0 Å². The Labute approximate surface area is 132 Å². The third-order valence-corrected chi connectivity index (χ3v) is 4.27. The first-order valence-electron chi connectivity index (χ1n) is 7.18. The normalized spacial score (nSPS) is 17.1. The molecule has 0 aliphatic heterocycles. The van der Waals surface area contributed by atoms with E-state index < -0.39 is 5.82 Å². The molecule has 0 spiro atoms. The Morgan fingerprint density at radius 2 is 2.36 bits per heavy atom. The van der Waals surface area contributed by atoms with Gasteiger partial charge < -0.3 is 9.72 Å². The number of halogens is 2. The van der Waals surface area contributed by atoms with Gasteiger partial charge in [-0.25, -0.2) is 9.37 Å². The molecule has 4 nitrogen and oxygen atoms in total. The molecule has 0 bridgehead atoms. The minimum absolute atomic E-state index is 0.143. The Hall–Kier alpha value is -1.88. The Morgan fingerprint density at radius 3 is 3.14 bits per heavy atom. The highest BCUT2D eigenvalue weighted by molar-refractivity contribution is 6.31. The smallest absolute Gasteiger partial charge is 0.309 e. The molecule has 0 radical (unpaired) electrons. The number of ether oxygens (including phenoxy) is 1. The number of hydrogen-bond acceptors (Lipinski definition) is 3. The lowest BCUT2D eigenvalue weighted by atomic mass is 9.90. The summed E-state index contributed by atoms with van der Waals surface area (Å²) in [4.78, 5) is 19.7. The number of esters is 1. The second kappa shape index (κ2) is 6.08. The monoisotopic (exact) mass is 322 g/mol. The van der Waals surface area contributed by atoms with Crippen molar-refractivity contribution in [1.29, 1.82) is 0 Å². The van der Waals surface area contributed by atoms with Crippen LogP contribution in [-0.2, 0) is 29.0 Å². The van der Waals surface area contributed by atoms with Crippen molar-refractivity contribution >= 4 is 17.6 Å². The van der Waals surface area contributed by atoms with Crippen LogP contribution in [0, 0.1) is 18.7 Å². The molecule has 0 amide bonds. The molecule has 6 heteroatoms. The van der Waals surface area contributed by atoms with Gasteiger partial charge in [0.1, 0.15) is 18.2 Å². The van der Waals surface area contributed by atoms with E-state index in [4.69, 9.17) is 16.3 Å². The molecule has 116 valence electrons. The van der Waals surface area contributed by atoms with Crippen molar-refractivity contribution in [3.63, 3.8) is 0 Å². The van der Waals surface area contributed by atoms with Crippen LogP contribution >= 0.6 is 11.6 Å². The molecule has 3 rings (SSSR count). The summed E-state index contributed by atoms with van der Waals surface area (Å²) < 4.78 is 18.9. The molecule has 1 unspecified atom stereocenters. The lowest BCUT2D eigenvalue weighted by Gasteiger charge is -2.20. The van der Waals surface area contributed by atoms with Crippen LogP contribution in [0.2, 0.25) is 5.02 Å². The summed E-state index contributed by atoms with van der Waals surface area (Å²) in [7, 11) is 0. The number of carbonyl (C=O) groups excluding carboxylic acids is 1. The molecule has 1 atom stereocenters. The second-order valence-electron chi connectivity index (χ2n) is 5.50. The third-order valence-electron chi connectivity index (χ3n) is 3.92. The average molecular weight is 323 g/mol. The first kappa shape index (κ1) is 15.0. The van der Waals surface area contributed by atoms with E-state index in [-0.39, 0.29) is 29.1 Å². The summed E-state index contributed by atoms with van der Waals surface area (Å²) >= 11 is 5.92. The summed E-state index contributed by atoms with van der Waals surface area (Å²) in [5, 5.41) is 0.267. The standard InChI is InChI=1S/C16H16ClFN2O2/c1-9-19-14-6-5-10(7-15(14)20-9)16(21)22-8-11-12(17)3-2-4-13(11)18/h2-4,10H,5-8H2,1H3,(H,19,20). The highest BCUT2D eigenvalue weighted by Gasteiger charge is 2.28. The van der Waals surface area contributed by atoms with Crippen LogP contribution in [0.25, 0.3) is 0 Å². The number of aromatic nitrogens is 2. The lowest BCUT2D eigenvalue weighted by molar-refractivity contribution is -0.150. The highest BCUT2D eigenvalue weighted by atomic mass is 35.5. The van der Waals surface area contributed by atoms with Crippen LogP contribution < -0.4 is 0 Å². The minimum atomic E-state index is -0.463. The van der Waals surface area contributed by atoms with Crippen LogP contribution in [0.15, 0.2) is 18.2 Å². The molecule has 1 heterocycles. The van der Waals surface area contributed by atoms with Crippen LogP contribution in [0.5, 0.6) is 0 Å². The summed E-state index contributed by atoms with van der Waals surface area (Å²) in [6.45, 7) is 1.75. The molecule has 0 fully saturated rings. The van der Waals surface area contributed by atoms with E-state index >= 15 is 0 Å². The number of nitrogens with zero attached hydrogens (tertiary/aromatic N) is 1. The molecule has 1 aromatic heterocycles. The molecule has 0 saturated heterocycles. The van der Waals surface area contributed by atoms with E-state index in [9.17, 15) is 9.18 Å². The van der Waals surface area contributed by atoms with Gasteiger partial charge in [-0.2, -0.15) is 0 Å². The van der Waals surface area contributed by atoms with Crippen molar-refractivity contribution in [2.75, 3.05) is 0 Å². The topological polar surface area (TPSA) is 55.0 Å². The lowest BCUT2D eigenvalue weighted by Crippen LogP contribution is -2.24. The van der Waals surface area contributed by atoms with Gasteiger partial charge in [0.15, 0.2) is 0 Å². The van der Waals surface area contributed by atoms with Gasteiger partial charge in [-0.15, -0.1) is 0 Å². The molecule has 0 saturated carbocycles. The second-order valence-corrected chi connectivity index (χ2v) is 5.90. The molecule has 1 N–H and O–H groups in total. The first-order valence-corrected chi connectivity index (χ1v) is 7.56. The van der Waals surface area contributed by atoms with Gasteiger partial charge in [-0.05, 0) is 31.9 Å². The Morgan fingerprint density at radius 1 is 1.55 bits per heavy atom. The minimum Gasteiger partial charge on any atom is -0.460 e. The summed E-state index contributed by atoms with van der Waals surface area (Å²) in [6, 6.07) is 4.40. The van der Waals surface area contributed by atoms with Crippen molar-refractivity contribution in [3.05, 3.63) is 51.8 Å². The molecule has 2 aromatic rings. The van der Waals surface area contributed by atoms with E-state index in [0.717, 1.165) is 23.6 Å². The third kappa shape index (κ3) is 2.99. The predicted octanol–water partition coefficient (Wildman–Crippen LogP) is 3.36. The maximum Gasteiger partial charge on any atom is 0.309 e. The zero-order valence-electron chi connectivity index (χ0n) is 12.2. The Balaban J connectivity index is 1.64. The fourth-order valence-electron chi connectivity index (χ4n) is 2.76. The molecule has 22 heavy (non-hydrogen) atoms. The summed E-state index contributed by atoms with van der Waals surface area (Å²) in [5.41, 5.74) is 2.24. The van der Waals surface area contributed by atoms with Crippen LogP contribution in [0.3, 0.4) is 0 Å². The predicted molar refractivity (Wildman–Crippen MR) is 80.0 cm³/mol. The number of aryl methyl sites for hydroxylation is 2. The van der Waals surface area contributed by atoms with Crippen LogP contribution in [-0.4, -0.2) is 15.9 Å². The number of nitrogens with one attached hydrogen (secondary N) is 1. The SMILES string of the molecule is Cc1nc2c([nH]1)CC(C(=O)OCc1c(F)cccc1Cl)CC2. The zero-order valence-corrected chi connectivity index (χ0v) is 12.9. The van der Waals surface area contributed by atoms with Crippen molar-refractivity contribution in [2.24, 2.45) is 5.92 Å². The maximum absolute atomic E-state index is 13.7. The number of imidazole rings is 1. The van der Waals surface area contributed by atoms with Gasteiger partial charge in [0.05, 0.1) is 16.6 Å². The van der Waals surface area contributed by atoms with Crippen molar-refractivity contribution in [1.82, 2.24) is 9.97 Å². The average Bonchev–Trinajstić information content (AvgIpc) is 2.85. The van der Waals surface area contributed by atoms with Gasteiger partial charge in [-0.1, -0.05) is 17.7 Å². The van der Waals surface area contributed by atoms with Gasteiger partial charge in [-0.3, -0.25) is 4.79 Å². The number of carbonyl (C=O) groups is 1. The quantitative estimate of drug-likeness (QED) is 0.882. The van der Waals surface area contributed by atoms with Crippen molar-refractivity contribution in [3.8, 4) is 0 Å². The molecule has 1 aromatic carbocycles. The molecular weight excluding hydrogens is 307 g/mol. The number of benzene rings is 1. The van der Waals surface area contributed by atoms with E-state index in [2.05, 4.69) is 9.97 Å². The van der Waals surface area contributed by atoms with E-state index in [1.54, 1.807) is 6.07 Å². The number of H-pyrrole nitrogens is 1. The highest BCUT2D eigenvalue weighted by Crippen LogP contribution is 2.26. The number of aromatic amines is 1. The fourth-order valence-corrected chi connectivity index (χ4v) is 2.97. The maximum atomic E-state index is 13.7. The van der Waals surface area contributed by atoms with Crippen molar-refractivity contribution < 1.29 is 13.9 Å². The van der Waals surface area contributed by atoms with E-state index in [1.165, 1.54) is 12.1 Å². The van der Waals surface area contributed by atoms with Gasteiger partial charge in [0.25, 0.3) is 0 Å². The van der Waals surface area contributed by atoms with Crippen molar-refractivity contribution in [2.45, 2.75) is 32.8 Å². The van der Waals surface area contributed by atoms with Gasteiger partial charge >= 0.3 is 5.97 Å². The van der Waals surface area contributed by atoms with E-state index in [1.807, 2.05) is 6.92 Å².